The summed E-state index contributed by atoms with van der Waals surface area (Å²) in [7, 11) is 0. The van der Waals surface area contributed by atoms with Crippen molar-refractivity contribution in [2.75, 3.05) is 13.2 Å². The normalized spacial score (nSPS) is 14.6. The molecular formula is C13H21NO. The second-order valence-electron chi connectivity index (χ2n) is 4.28. The van der Waals surface area contributed by atoms with Crippen molar-refractivity contribution >= 4 is 0 Å². The van der Waals surface area contributed by atoms with E-state index >= 15 is 0 Å². The summed E-state index contributed by atoms with van der Waals surface area (Å²) in [5, 5.41) is 0. The van der Waals surface area contributed by atoms with E-state index in [2.05, 4.69) is 13.8 Å². The lowest BCUT2D eigenvalue weighted by Gasteiger charge is -2.26. The van der Waals surface area contributed by atoms with Crippen LogP contribution in [0.1, 0.15) is 26.7 Å². The molecule has 2 heteroatoms. The van der Waals surface area contributed by atoms with Gasteiger partial charge in [0, 0.05) is 0 Å². The van der Waals surface area contributed by atoms with Gasteiger partial charge in [0.2, 0.25) is 0 Å². The molecule has 0 aliphatic heterocycles. The highest BCUT2D eigenvalue weighted by Crippen LogP contribution is 2.24. The lowest BCUT2D eigenvalue weighted by Crippen LogP contribution is -2.28. The van der Waals surface area contributed by atoms with Gasteiger partial charge in [-0.25, -0.2) is 0 Å². The van der Waals surface area contributed by atoms with Crippen molar-refractivity contribution in [1.82, 2.24) is 0 Å². The Hall–Kier alpha value is -1.02. The third-order valence-electron chi connectivity index (χ3n) is 3.06. The van der Waals surface area contributed by atoms with Crippen molar-refractivity contribution in [1.29, 1.82) is 0 Å². The van der Waals surface area contributed by atoms with E-state index in [4.69, 9.17) is 10.5 Å². The van der Waals surface area contributed by atoms with Crippen LogP contribution < -0.4 is 10.5 Å². The minimum atomic E-state index is 0.217. The quantitative estimate of drug-likeness (QED) is 0.778. The number of rotatable bonds is 6. The zero-order valence-corrected chi connectivity index (χ0v) is 9.70. The molecule has 15 heavy (non-hydrogen) atoms. The highest BCUT2D eigenvalue weighted by molar-refractivity contribution is 5.20. The minimum Gasteiger partial charge on any atom is -0.494 e. The molecule has 0 fully saturated rings. The van der Waals surface area contributed by atoms with Gasteiger partial charge in [-0.2, -0.15) is 0 Å². The third kappa shape index (κ3) is 3.92. The van der Waals surface area contributed by atoms with Gasteiger partial charge in [-0.1, -0.05) is 32.0 Å². The molecule has 1 aromatic carbocycles. The minimum absolute atomic E-state index is 0.217. The predicted octanol–water partition coefficient (Wildman–Crippen LogP) is 2.83. The van der Waals surface area contributed by atoms with Crippen LogP contribution in [0.15, 0.2) is 30.3 Å². The molecule has 0 spiro atoms. The van der Waals surface area contributed by atoms with Crippen LogP contribution in [0.25, 0.3) is 0 Å². The number of nitrogens with two attached hydrogens (primary N) is 1. The zero-order valence-electron chi connectivity index (χ0n) is 9.70. The molecule has 0 aliphatic carbocycles. The van der Waals surface area contributed by atoms with Crippen molar-refractivity contribution in [3.05, 3.63) is 30.3 Å². The molecule has 0 radical (unpaired) electrons. The number of benzene rings is 1. The fraction of sp³-hybridized carbons (Fsp3) is 0.538. The van der Waals surface area contributed by atoms with Gasteiger partial charge in [-0.05, 0) is 36.9 Å². The van der Waals surface area contributed by atoms with E-state index in [-0.39, 0.29) is 5.41 Å². The first-order valence-electron chi connectivity index (χ1n) is 5.58. The molecule has 1 rings (SSSR count). The van der Waals surface area contributed by atoms with Crippen LogP contribution in [0.5, 0.6) is 5.75 Å². The van der Waals surface area contributed by atoms with E-state index in [0.717, 1.165) is 31.7 Å². The Bertz CT molecular complexity index is 267. The van der Waals surface area contributed by atoms with Crippen LogP contribution >= 0.6 is 0 Å². The van der Waals surface area contributed by atoms with Crippen LogP contribution in [0.4, 0.5) is 0 Å². The highest BCUT2D eigenvalue weighted by Gasteiger charge is 2.19. The van der Waals surface area contributed by atoms with Crippen LogP contribution in [0, 0.1) is 5.41 Å². The maximum Gasteiger partial charge on any atom is 0.119 e. The summed E-state index contributed by atoms with van der Waals surface area (Å²) in [5.41, 5.74) is 5.96. The Morgan fingerprint density at radius 3 is 2.47 bits per heavy atom. The average molecular weight is 207 g/mol. The number of hydrogen-bond donors (Lipinski definition) is 1. The molecule has 0 heterocycles. The number of para-hydroxylation sites is 1. The third-order valence-corrected chi connectivity index (χ3v) is 3.06. The molecule has 1 aromatic rings. The van der Waals surface area contributed by atoms with Gasteiger partial charge >= 0.3 is 0 Å². The highest BCUT2D eigenvalue weighted by atomic mass is 16.5. The number of hydrogen-bond acceptors (Lipinski definition) is 2. The summed E-state index contributed by atoms with van der Waals surface area (Å²) >= 11 is 0. The van der Waals surface area contributed by atoms with Crippen molar-refractivity contribution < 1.29 is 4.74 Å². The molecule has 2 nitrogen and oxygen atoms in total. The summed E-state index contributed by atoms with van der Waals surface area (Å²) in [6, 6.07) is 9.91. The van der Waals surface area contributed by atoms with E-state index in [1.54, 1.807) is 0 Å². The molecule has 1 atom stereocenters. The van der Waals surface area contributed by atoms with Crippen LogP contribution in [0.2, 0.25) is 0 Å². The molecule has 0 bridgehead atoms. The van der Waals surface area contributed by atoms with Gasteiger partial charge in [0.05, 0.1) is 6.61 Å². The van der Waals surface area contributed by atoms with Crippen LogP contribution in [-0.4, -0.2) is 13.2 Å². The Balaban J connectivity index is 2.33. The topological polar surface area (TPSA) is 35.2 Å². The summed E-state index contributed by atoms with van der Waals surface area (Å²) in [6.07, 6.45) is 2.11. The van der Waals surface area contributed by atoms with E-state index < -0.39 is 0 Å². The first-order chi connectivity index (χ1) is 7.20. The first kappa shape index (κ1) is 12.1. The second-order valence-corrected chi connectivity index (χ2v) is 4.28. The second kappa shape index (κ2) is 5.76. The molecule has 0 aromatic heterocycles. The smallest absolute Gasteiger partial charge is 0.119 e. The zero-order chi connectivity index (χ0) is 11.1. The van der Waals surface area contributed by atoms with Crippen molar-refractivity contribution in [3.63, 3.8) is 0 Å². The summed E-state index contributed by atoms with van der Waals surface area (Å²) in [5.74, 6) is 0.938. The lowest BCUT2D eigenvalue weighted by molar-refractivity contribution is 0.212. The Labute approximate surface area is 92.4 Å². The van der Waals surface area contributed by atoms with Gasteiger partial charge < -0.3 is 10.5 Å². The van der Waals surface area contributed by atoms with E-state index in [1.165, 1.54) is 0 Å². The monoisotopic (exact) mass is 207 g/mol. The fourth-order valence-corrected chi connectivity index (χ4v) is 1.36. The molecule has 0 aliphatic rings. The summed E-state index contributed by atoms with van der Waals surface area (Å²) in [4.78, 5) is 0. The Morgan fingerprint density at radius 1 is 1.27 bits per heavy atom. The Kier molecular flexibility index (Phi) is 4.63. The van der Waals surface area contributed by atoms with Crippen molar-refractivity contribution in [3.8, 4) is 5.75 Å². The van der Waals surface area contributed by atoms with Gasteiger partial charge in [-0.15, -0.1) is 0 Å². The van der Waals surface area contributed by atoms with Crippen LogP contribution in [0.3, 0.4) is 0 Å². The van der Waals surface area contributed by atoms with Crippen molar-refractivity contribution in [2.24, 2.45) is 11.1 Å². The summed E-state index contributed by atoms with van der Waals surface area (Å²) in [6.45, 7) is 5.85. The van der Waals surface area contributed by atoms with Crippen LogP contribution in [-0.2, 0) is 0 Å². The number of ether oxygens (including phenoxy) is 1. The van der Waals surface area contributed by atoms with Gasteiger partial charge in [-0.3, -0.25) is 0 Å². The lowest BCUT2D eigenvalue weighted by atomic mass is 9.84. The molecule has 0 saturated carbocycles. The first-order valence-corrected chi connectivity index (χ1v) is 5.58. The van der Waals surface area contributed by atoms with E-state index in [9.17, 15) is 0 Å². The molecular weight excluding hydrogens is 186 g/mol. The molecule has 2 N–H and O–H groups in total. The summed E-state index contributed by atoms with van der Waals surface area (Å²) < 4.78 is 5.65. The molecule has 0 amide bonds. The largest absolute Gasteiger partial charge is 0.494 e. The average Bonchev–Trinajstić information content (AvgIpc) is 2.30. The standard InChI is InChI=1S/C13H21NO/c1-3-13(2,11-14)9-10-15-12-7-5-4-6-8-12/h4-8H,3,9-11,14H2,1-2H3. The Morgan fingerprint density at radius 2 is 1.93 bits per heavy atom. The van der Waals surface area contributed by atoms with Gasteiger partial charge in [0.15, 0.2) is 0 Å². The SMILES string of the molecule is CCC(C)(CN)CCOc1ccccc1. The van der Waals surface area contributed by atoms with Gasteiger partial charge in [0.1, 0.15) is 5.75 Å². The molecule has 0 saturated heterocycles. The van der Waals surface area contributed by atoms with E-state index in [0.29, 0.717) is 0 Å². The maximum absolute atomic E-state index is 5.74. The molecule has 84 valence electrons. The fourth-order valence-electron chi connectivity index (χ4n) is 1.36. The van der Waals surface area contributed by atoms with E-state index in [1.807, 2.05) is 30.3 Å². The maximum atomic E-state index is 5.74. The van der Waals surface area contributed by atoms with Crippen molar-refractivity contribution in [2.45, 2.75) is 26.7 Å². The predicted molar refractivity (Wildman–Crippen MR) is 64.0 cm³/mol. The molecule has 1 unspecified atom stereocenters. The van der Waals surface area contributed by atoms with Gasteiger partial charge in [0.25, 0.3) is 0 Å².